The van der Waals surface area contributed by atoms with Crippen LogP contribution in [-0.4, -0.2) is 12.1 Å². The zero-order valence-electron chi connectivity index (χ0n) is 11.0. The first-order valence-corrected chi connectivity index (χ1v) is 6.62. The molecule has 0 spiro atoms. The third kappa shape index (κ3) is 2.22. The Labute approximate surface area is 103 Å². The van der Waals surface area contributed by atoms with Crippen molar-refractivity contribution in [1.29, 1.82) is 0 Å². The molecule has 1 saturated carbocycles. The number of ketones is 1. The summed E-state index contributed by atoms with van der Waals surface area (Å²) in [5.41, 5.74) is 1.38. The van der Waals surface area contributed by atoms with E-state index in [1.807, 2.05) is 13.0 Å². The van der Waals surface area contributed by atoms with Crippen molar-refractivity contribution in [2.45, 2.75) is 46.5 Å². The summed E-state index contributed by atoms with van der Waals surface area (Å²) in [5, 5.41) is 0. The Morgan fingerprint density at radius 3 is 2.88 bits per heavy atom. The van der Waals surface area contributed by atoms with Gasteiger partial charge in [0.25, 0.3) is 0 Å². The average molecular weight is 234 g/mol. The summed E-state index contributed by atoms with van der Waals surface area (Å²) in [6.07, 6.45) is 6.84. The highest BCUT2D eigenvalue weighted by molar-refractivity contribution is 5.92. The minimum absolute atomic E-state index is 0.148. The van der Waals surface area contributed by atoms with Gasteiger partial charge in [0.05, 0.1) is 0 Å². The van der Waals surface area contributed by atoms with Gasteiger partial charge in [-0.05, 0) is 49.5 Å². The second kappa shape index (κ2) is 4.40. The number of aldehydes is 1. The number of hydrogen-bond donors (Lipinski definition) is 0. The number of allylic oxidation sites excluding steroid dienone is 2. The zero-order valence-corrected chi connectivity index (χ0v) is 11.0. The standard InChI is InChI=1S/C15H22O2/c1-10-6-13(17)8-15(3)5-4-12(7-14(10)15)11(2)9-16/h6,9,11-12,14H,4-5,7-8H2,1-3H3. The highest BCUT2D eigenvalue weighted by Crippen LogP contribution is 2.52. The third-order valence-electron chi connectivity index (χ3n) is 4.94. The minimum Gasteiger partial charge on any atom is -0.303 e. The van der Waals surface area contributed by atoms with Gasteiger partial charge in [-0.15, -0.1) is 0 Å². The minimum atomic E-state index is 0.148. The normalized spacial score (nSPS) is 39.2. The lowest BCUT2D eigenvalue weighted by molar-refractivity contribution is -0.120. The summed E-state index contributed by atoms with van der Waals surface area (Å²) < 4.78 is 0. The smallest absolute Gasteiger partial charge is 0.156 e. The van der Waals surface area contributed by atoms with Crippen molar-refractivity contribution in [3.05, 3.63) is 11.6 Å². The molecule has 1 fully saturated rings. The van der Waals surface area contributed by atoms with E-state index in [9.17, 15) is 9.59 Å². The van der Waals surface area contributed by atoms with Crippen LogP contribution in [0.2, 0.25) is 0 Å². The van der Waals surface area contributed by atoms with Crippen molar-refractivity contribution in [3.63, 3.8) is 0 Å². The van der Waals surface area contributed by atoms with E-state index in [0.717, 1.165) is 25.5 Å². The molecule has 4 unspecified atom stereocenters. The van der Waals surface area contributed by atoms with Crippen LogP contribution in [0.25, 0.3) is 0 Å². The van der Waals surface area contributed by atoms with E-state index < -0.39 is 0 Å². The summed E-state index contributed by atoms with van der Waals surface area (Å²) in [4.78, 5) is 22.6. The molecule has 2 aliphatic rings. The zero-order chi connectivity index (χ0) is 12.6. The highest BCUT2D eigenvalue weighted by atomic mass is 16.1. The molecule has 2 aliphatic carbocycles. The third-order valence-corrected chi connectivity index (χ3v) is 4.94. The predicted molar refractivity (Wildman–Crippen MR) is 67.5 cm³/mol. The Kier molecular flexibility index (Phi) is 3.24. The number of carbonyl (C=O) groups excluding carboxylic acids is 2. The second-order valence-corrected chi connectivity index (χ2v) is 6.27. The molecule has 0 N–H and O–H groups in total. The molecule has 2 nitrogen and oxygen atoms in total. The fourth-order valence-electron chi connectivity index (χ4n) is 3.73. The van der Waals surface area contributed by atoms with Crippen LogP contribution in [0.4, 0.5) is 0 Å². The second-order valence-electron chi connectivity index (χ2n) is 6.27. The average Bonchev–Trinajstić information content (AvgIpc) is 2.26. The number of fused-ring (bicyclic) bond motifs is 1. The molecule has 0 bridgehead atoms. The maximum atomic E-state index is 11.7. The van der Waals surface area contributed by atoms with E-state index in [4.69, 9.17) is 0 Å². The molecule has 4 atom stereocenters. The van der Waals surface area contributed by atoms with Crippen LogP contribution in [0.15, 0.2) is 11.6 Å². The van der Waals surface area contributed by atoms with Crippen LogP contribution in [0.1, 0.15) is 46.5 Å². The first-order chi connectivity index (χ1) is 7.96. The molecule has 0 aromatic rings. The van der Waals surface area contributed by atoms with Crippen molar-refractivity contribution in [3.8, 4) is 0 Å². The molecular weight excluding hydrogens is 212 g/mol. The lowest BCUT2D eigenvalue weighted by Gasteiger charge is -2.47. The fourth-order valence-corrected chi connectivity index (χ4v) is 3.73. The SMILES string of the molecule is CC1=CC(=O)CC2(C)CCC(C(C)C=O)CC12. The summed E-state index contributed by atoms with van der Waals surface area (Å²) in [5.74, 6) is 1.44. The Hall–Kier alpha value is -0.920. The Morgan fingerprint density at radius 2 is 2.24 bits per heavy atom. The van der Waals surface area contributed by atoms with Crippen molar-refractivity contribution >= 4 is 12.1 Å². The van der Waals surface area contributed by atoms with Crippen molar-refractivity contribution in [1.82, 2.24) is 0 Å². The molecular formula is C15H22O2. The molecule has 0 aliphatic heterocycles. The van der Waals surface area contributed by atoms with Crippen LogP contribution < -0.4 is 0 Å². The highest BCUT2D eigenvalue weighted by Gasteiger charge is 2.44. The van der Waals surface area contributed by atoms with Gasteiger partial charge in [0.1, 0.15) is 6.29 Å². The maximum absolute atomic E-state index is 11.7. The molecule has 0 radical (unpaired) electrons. The number of hydrogen-bond acceptors (Lipinski definition) is 2. The van der Waals surface area contributed by atoms with Gasteiger partial charge in [-0.2, -0.15) is 0 Å². The molecule has 94 valence electrons. The fraction of sp³-hybridized carbons (Fsp3) is 0.733. The molecule has 2 heteroatoms. The molecule has 2 rings (SSSR count). The topological polar surface area (TPSA) is 34.1 Å². The quantitative estimate of drug-likeness (QED) is 0.688. The maximum Gasteiger partial charge on any atom is 0.156 e. The lowest BCUT2D eigenvalue weighted by atomic mass is 9.57. The van der Waals surface area contributed by atoms with Crippen LogP contribution >= 0.6 is 0 Å². The van der Waals surface area contributed by atoms with Crippen molar-refractivity contribution < 1.29 is 9.59 Å². The largest absolute Gasteiger partial charge is 0.303 e. The Morgan fingerprint density at radius 1 is 1.53 bits per heavy atom. The Bertz CT molecular complexity index is 369. The van der Waals surface area contributed by atoms with Crippen LogP contribution in [-0.2, 0) is 9.59 Å². The first-order valence-electron chi connectivity index (χ1n) is 6.62. The summed E-state index contributed by atoms with van der Waals surface area (Å²) in [6.45, 7) is 6.34. The predicted octanol–water partition coefficient (Wildman–Crippen LogP) is 3.16. The summed E-state index contributed by atoms with van der Waals surface area (Å²) >= 11 is 0. The molecule has 17 heavy (non-hydrogen) atoms. The van der Waals surface area contributed by atoms with Gasteiger partial charge in [0.2, 0.25) is 0 Å². The van der Waals surface area contributed by atoms with E-state index in [-0.39, 0.29) is 17.1 Å². The van der Waals surface area contributed by atoms with E-state index in [2.05, 4.69) is 13.8 Å². The van der Waals surface area contributed by atoms with E-state index in [1.54, 1.807) is 0 Å². The van der Waals surface area contributed by atoms with Crippen molar-refractivity contribution in [2.24, 2.45) is 23.2 Å². The van der Waals surface area contributed by atoms with Crippen LogP contribution in [0.3, 0.4) is 0 Å². The van der Waals surface area contributed by atoms with Crippen molar-refractivity contribution in [2.75, 3.05) is 0 Å². The summed E-state index contributed by atoms with van der Waals surface area (Å²) in [7, 11) is 0. The Balaban J connectivity index is 2.21. The van der Waals surface area contributed by atoms with E-state index in [0.29, 0.717) is 18.3 Å². The molecule has 0 aromatic carbocycles. The van der Waals surface area contributed by atoms with Gasteiger partial charge in [-0.1, -0.05) is 19.4 Å². The van der Waals surface area contributed by atoms with Crippen LogP contribution in [0, 0.1) is 23.2 Å². The molecule has 0 aromatic heterocycles. The number of rotatable bonds is 2. The van der Waals surface area contributed by atoms with E-state index >= 15 is 0 Å². The molecule has 0 amide bonds. The number of carbonyl (C=O) groups is 2. The molecule has 0 saturated heterocycles. The van der Waals surface area contributed by atoms with Gasteiger partial charge >= 0.3 is 0 Å². The van der Waals surface area contributed by atoms with Crippen LogP contribution in [0.5, 0.6) is 0 Å². The monoisotopic (exact) mass is 234 g/mol. The van der Waals surface area contributed by atoms with Gasteiger partial charge < -0.3 is 4.79 Å². The van der Waals surface area contributed by atoms with Gasteiger partial charge in [-0.3, -0.25) is 4.79 Å². The first kappa shape index (κ1) is 12.5. The summed E-state index contributed by atoms with van der Waals surface area (Å²) in [6, 6.07) is 0. The van der Waals surface area contributed by atoms with Gasteiger partial charge in [0, 0.05) is 12.3 Å². The molecule has 0 heterocycles. The van der Waals surface area contributed by atoms with E-state index in [1.165, 1.54) is 5.57 Å². The van der Waals surface area contributed by atoms with Gasteiger partial charge in [0.15, 0.2) is 5.78 Å². The lowest BCUT2D eigenvalue weighted by Crippen LogP contribution is -2.40. The van der Waals surface area contributed by atoms with Gasteiger partial charge in [-0.25, -0.2) is 0 Å².